The Morgan fingerprint density at radius 3 is 2.72 bits per heavy atom. The lowest BCUT2D eigenvalue weighted by atomic mass is 10.3. The van der Waals surface area contributed by atoms with Crippen molar-refractivity contribution in [1.29, 1.82) is 0 Å². The number of methoxy groups -OCH3 is 1. The zero-order chi connectivity index (χ0) is 12.5. The molecule has 0 bridgehead atoms. The third-order valence-corrected chi connectivity index (χ3v) is 2.84. The van der Waals surface area contributed by atoms with Gasteiger partial charge in [0.2, 0.25) is 0 Å². The van der Waals surface area contributed by atoms with E-state index in [1.165, 1.54) is 6.33 Å². The van der Waals surface area contributed by atoms with E-state index in [4.69, 9.17) is 4.74 Å². The molecule has 90 valence electrons. The van der Waals surface area contributed by atoms with Gasteiger partial charge in [0.05, 0.1) is 18.8 Å². The SMILES string of the molecule is COc1ccc(-n2ccc3c(=O)[nH]cnc32)cc1. The molecule has 2 heterocycles. The van der Waals surface area contributed by atoms with Gasteiger partial charge in [-0.05, 0) is 30.3 Å². The number of aromatic nitrogens is 3. The van der Waals surface area contributed by atoms with E-state index >= 15 is 0 Å². The van der Waals surface area contributed by atoms with Crippen molar-refractivity contribution in [2.24, 2.45) is 0 Å². The van der Waals surface area contributed by atoms with E-state index in [0.717, 1.165) is 11.4 Å². The molecule has 1 aromatic carbocycles. The minimum Gasteiger partial charge on any atom is -0.497 e. The van der Waals surface area contributed by atoms with E-state index in [1.807, 2.05) is 35.0 Å². The average Bonchev–Trinajstić information content (AvgIpc) is 2.84. The summed E-state index contributed by atoms with van der Waals surface area (Å²) in [5.41, 5.74) is 1.44. The van der Waals surface area contributed by atoms with Gasteiger partial charge in [-0.2, -0.15) is 0 Å². The highest BCUT2D eigenvalue weighted by Crippen LogP contribution is 2.18. The molecule has 5 heteroatoms. The second kappa shape index (κ2) is 4.03. The molecule has 0 amide bonds. The van der Waals surface area contributed by atoms with Gasteiger partial charge in [0.1, 0.15) is 5.75 Å². The molecule has 0 saturated carbocycles. The van der Waals surface area contributed by atoms with Crippen molar-refractivity contribution in [3.8, 4) is 11.4 Å². The molecule has 0 aliphatic rings. The third-order valence-electron chi connectivity index (χ3n) is 2.84. The molecule has 0 fully saturated rings. The number of fused-ring (bicyclic) bond motifs is 1. The number of nitrogens with zero attached hydrogens (tertiary/aromatic N) is 2. The zero-order valence-electron chi connectivity index (χ0n) is 9.75. The topological polar surface area (TPSA) is 59.9 Å². The van der Waals surface area contributed by atoms with Gasteiger partial charge in [0.25, 0.3) is 5.56 Å². The maximum absolute atomic E-state index is 11.6. The molecule has 3 rings (SSSR count). The molecule has 18 heavy (non-hydrogen) atoms. The summed E-state index contributed by atoms with van der Waals surface area (Å²) in [6.45, 7) is 0. The van der Waals surface area contributed by atoms with Crippen LogP contribution >= 0.6 is 0 Å². The number of aromatic amines is 1. The van der Waals surface area contributed by atoms with Crippen molar-refractivity contribution in [1.82, 2.24) is 14.5 Å². The smallest absolute Gasteiger partial charge is 0.260 e. The monoisotopic (exact) mass is 241 g/mol. The molecule has 5 nitrogen and oxygen atoms in total. The molecule has 3 aromatic rings. The number of rotatable bonds is 2. The van der Waals surface area contributed by atoms with Gasteiger partial charge in [-0.15, -0.1) is 0 Å². The summed E-state index contributed by atoms with van der Waals surface area (Å²) >= 11 is 0. The van der Waals surface area contributed by atoms with Crippen LogP contribution < -0.4 is 10.3 Å². The summed E-state index contributed by atoms with van der Waals surface area (Å²) in [6.07, 6.45) is 3.24. The minimum absolute atomic E-state index is 0.132. The molecule has 0 unspecified atom stereocenters. The van der Waals surface area contributed by atoms with Crippen molar-refractivity contribution in [3.05, 3.63) is 53.2 Å². The lowest BCUT2D eigenvalue weighted by Gasteiger charge is -2.05. The molecule has 2 aromatic heterocycles. The van der Waals surface area contributed by atoms with Crippen LogP contribution in [0.25, 0.3) is 16.7 Å². The van der Waals surface area contributed by atoms with Crippen LogP contribution in [-0.4, -0.2) is 21.6 Å². The predicted octanol–water partition coefficient (Wildman–Crippen LogP) is 1.72. The predicted molar refractivity (Wildman–Crippen MR) is 68.2 cm³/mol. The van der Waals surface area contributed by atoms with E-state index < -0.39 is 0 Å². The Kier molecular flexibility index (Phi) is 2.37. The number of hydrogen-bond donors (Lipinski definition) is 1. The highest BCUT2D eigenvalue weighted by molar-refractivity contribution is 5.76. The number of nitrogens with one attached hydrogen (secondary N) is 1. The van der Waals surface area contributed by atoms with E-state index in [9.17, 15) is 4.79 Å². The Morgan fingerprint density at radius 2 is 2.00 bits per heavy atom. The number of ether oxygens (including phenoxy) is 1. The van der Waals surface area contributed by atoms with Crippen LogP contribution in [0.5, 0.6) is 5.75 Å². The van der Waals surface area contributed by atoms with Crippen molar-refractivity contribution < 1.29 is 4.74 Å². The van der Waals surface area contributed by atoms with E-state index in [2.05, 4.69) is 9.97 Å². The van der Waals surface area contributed by atoms with E-state index in [-0.39, 0.29) is 5.56 Å². The van der Waals surface area contributed by atoms with Gasteiger partial charge in [-0.25, -0.2) is 4.98 Å². The van der Waals surface area contributed by atoms with Crippen molar-refractivity contribution in [2.45, 2.75) is 0 Å². The number of benzene rings is 1. The van der Waals surface area contributed by atoms with Crippen LogP contribution in [0.2, 0.25) is 0 Å². The fourth-order valence-corrected chi connectivity index (χ4v) is 1.91. The van der Waals surface area contributed by atoms with E-state index in [0.29, 0.717) is 11.0 Å². The van der Waals surface area contributed by atoms with Gasteiger partial charge >= 0.3 is 0 Å². The van der Waals surface area contributed by atoms with Crippen LogP contribution in [0.1, 0.15) is 0 Å². The maximum Gasteiger partial charge on any atom is 0.260 e. The average molecular weight is 241 g/mol. The van der Waals surface area contributed by atoms with Crippen LogP contribution in [0.15, 0.2) is 47.7 Å². The van der Waals surface area contributed by atoms with Gasteiger partial charge < -0.3 is 14.3 Å². The van der Waals surface area contributed by atoms with Crippen molar-refractivity contribution in [2.75, 3.05) is 7.11 Å². The standard InChI is InChI=1S/C13H11N3O2/c1-18-10-4-2-9(3-5-10)16-7-6-11-12(16)14-8-15-13(11)17/h2-8H,1H3,(H,14,15,17). The van der Waals surface area contributed by atoms with Gasteiger partial charge in [0.15, 0.2) is 5.65 Å². The molecule has 0 saturated heterocycles. The molecule has 0 spiro atoms. The largest absolute Gasteiger partial charge is 0.497 e. The first-order valence-corrected chi connectivity index (χ1v) is 5.49. The van der Waals surface area contributed by atoms with Gasteiger partial charge in [-0.3, -0.25) is 4.79 Å². The normalized spacial score (nSPS) is 10.7. The number of H-pyrrole nitrogens is 1. The molecule has 0 radical (unpaired) electrons. The Labute approximate surface area is 103 Å². The Balaban J connectivity index is 2.19. The molecule has 1 N–H and O–H groups in total. The van der Waals surface area contributed by atoms with Gasteiger partial charge in [-0.1, -0.05) is 0 Å². The quantitative estimate of drug-likeness (QED) is 0.743. The molecular formula is C13H11N3O2. The summed E-state index contributed by atoms with van der Waals surface area (Å²) in [6, 6.07) is 9.33. The van der Waals surface area contributed by atoms with Gasteiger partial charge in [0, 0.05) is 11.9 Å². The fourth-order valence-electron chi connectivity index (χ4n) is 1.91. The molecule has 0 aliphatic heterocycles. The number of hydrogen-bond acceptors (Lipinski definition) is 3. The summed E-state index contributed by atoms with van der Waals surface area (Å²) < 4.78 is 6.98. The summed E-state index contributed by atoms with van der Waals surface area (Å²) in [7, 11) is 1.63. The minimum atomic E-state index is -0.132. The Morgan fingerprint density at radius 1 is 1.22 bits per heavy atom. The first-order valence-electron chi connectivity index (χ1n) is 5.49. The summed E-state index contributed by atoms with van der Waals surface area (Å²) in [4.78, 5) is 18.3. The highest BCUT2D eigenvalue weighted by Gasteiger charge is 2.06. The second-order valence-electron chi connectivity index (χ2n) is 3.85. The Bertz CT molecular complexity index is 741. The first-order chi connectivity index (χ1) is 8.79. The third kappa shape index (κ3) is 1.57. The van der Waals surface area contributed by atoms with Crippen LogP contribution in [0.3, 0.4) is 0 Å². The highest BCUT2D eigenvalue weighted by atomic mass is 16.5. The molecular weight excluding hydrogens is 230 g/mol. The molecule has 0 aliphatic carbocycles. The summed E-state index contributed by atoms with van der Waals surface area (Å²) in [5.74, 6) is 0.793. The van der Waals surface area contributed by atoms with E-state index in [1.54, 1.807) is 13.2 Å². The lowest BCUT2D eigenvalue weighted by molar-refractivity contribution is 0.415. The van der Waals surface area contributed by atoms with Crippen LogP contribution in [-0.2, 0) is 0 Å². The maximum atomic E-state index is 11.6. The lowest BCUT2D eigenvalue weighted by Crippen LogP contribution is -2.06. The van der Waals surface area contributed by atoms with Crippen molar-refractivity contribution >= 4 is 11.0 Å². The fraction of sp³-hybridized carbons (Fsp3) is 0.0769. The second-order valence-corrected chi connectivity index (χ2v) is 3.85. The molecule has 0 atom stereocenters. The van der Waals surface area contributed by atoms with Crippen molar-refractivity contribution in [3.63, 3.8) is 0 Å². The Hall–Kier alpha value is -2.56. The first kappa shape index (κ1) is 10.6. The van der Waals surface area contributed by atoms with Crippen LogP contribution in [0.4, 0.5) is 0 Å². The zero-order valence-corrected chi connectivity index (χ0v) is 9.75. The summed E-state index contributed by atoms with van der Waals surface area (Å²) in [5, 5.41) is 0.577. The van der Waals surface area contributed by atoms with Crippen LogP contribution in [0, 0.1) is 0 Å².